The monoisotopic (exact) mass is 322 g/mol. The van der Waals surface area contributed by atoms with Gasteiger partial charge in [0.15, 0.2) is 0 Å². The molecular formula is C17H26N2O2S. The number of nitrogens with zero attached hydrogens (tertiary/aromatic N) is 2. The summed E-state index contributed by atoms with van der Waals surface area (Å²) >= 11 is 0. The Hall–Kier alpha value is -0.910. The lowest BCUT2D eigenvalue weighted by molar-refractivity contribution is 0.127. The molecule has 122 valence electrons. The van der Waals surface area contributed by atoms with Crippen LogP contribution in [0.1, 0.15) is 32.3 Å². The van der Waals surface area contributed by atoms with Crippen LogP contribution in [0.4, 0.5) is 0 Å². The van der Waals surface area contributed by atoms with Crippen LogP contribution in [0.2, 0.25) is 0 Å². The van der Waals surface area contributed by atoms with Gasteiger partial charge in [0.2, 0.25) is 10.0 Å². The molecule has 0 N–H and O–H groups in total. The van der Waals surface area contributed by atoms with E-state index in [0.29, 0.717) is 12.6 Å². The van der Waals surface area contributed by atoms with Crippen molar-refractivity contribution in [3.05, 3.63) is 35.9 Å². The summed E-state index contributed by atoms with van der Waals surface area (Å²) in [5, 5.41) is -0.349. The van der Waals surface area contributed by atoms with Gasteiger partial charge in [0.25, 0.3) is 0 Å². The second kappa shape index (κ2) is 6.30. The highest BCUT2D eigenvalue weighted by Gasteiger charge is 2.40. The van der Waals surface area contributed by atoms with Crippen molar-refractivity contribution >= 4 is 10.0 Å². The van der Waals surface area contributed by atoms with Crippen molar-refractivity contribution in [2.75, 3.05) is 19.6 Å². The van der Waals surface area contributed by atoms with Gasteiger partial charge in [-0.3, -0.25) is 4.90 Å². The molecule has 1 aromatic carbocycles. The quantitative estimate of drug-likeness (QED) is 0.834. The van der Waals surface area contributed by atoms with Crippen molar-refractivity contribution in [3.8, 4) is 0 Å². The minimum Gasteiger partial charge on any atom is -0.297 e. The van der Waals surface area contributed by atoms with Crippen molar-refractivity contribution in [3.63, 3.8) is 0 Å². The number of piperazine rings is 1. The summed E-state index contributed by atoms with van der Waals surface area (Å²) in [7, 11) is -3.19. The first-order chi connectivity index (χ1) is 10.5. The number of benzene rings is 1. The van der Waals surface area contributed by atoms with Gasteiger partial charge in [-0.05, 0) is 38.7 Å². The Kier molecular flexibility index (Phi) is 4.57. The Bertz CT molecular complexity index is 596. The molecule has 0 radical (unpaired) electrons. The van der Waals surface area contributed by atoms with E-state index in [1.165, 1.54) is 18.4 Å². The van der Waals surface area contributed by atoms with Gasteiger partial charge in [-0.2, -0.15) is 4.31 Å². The van der Waals surface area contributed by atoms with E-state index in [1.54, 1.807) is 18.2 Å². The Morgan fingerprint density at radius 1 is 1.14 bits per heavy atom. The van der Waals surface area contributed by atoms with Gasteiger partial charge < -0.3 is 0 Å². The molecule has 0 amide bonds. The van der Waals surface area contributed by atoms with E-state index in [0.717, 1.165) is 19.5 Å². The number of hydrogen-bond acceptors (Lipinski definition) is 3. The smallest absolute Gasteiger partial charge is 0.216 e. The van der Waals surface area contributed by atoms with E-state index < -0.39 is 10.0 Å². The van der Waals surface area contributed by atoms with Crippen LogP contribution >= 0.6 is 0 Å². The second-order valence-corrected chi connectivity index (χ2v) is 9.22. The molecule has 4 nitrogen and oxygen atoms in total. The maximum absolute atomic E-state index is 12.7. The maximum atomic E-state index is 12.7. The van der Waals surface area contributed by atoms with E-state index in [9.17, 15) is 8.42 Å². The van der Waals surface area contributed by atoms with Gasteiger partial charge in [-0.15, -0.1) is 0 Å². The number of rotatable bonds is 5. The highest BCUT2D eigenvalue weighted by atomic mass is 32.2. The normalized spacial score (nSPS) is 24.8. The zero-order valence-corrected chi connectivity index (χ0v) is 14.3. The van der Waals surface area contributed by atoms with Gasteiger partial charge in [0, 0.05) is 31.7 Å². The summed E-state index contributed by atoms with van der Waals surface area (Å²) in [6, 6.07) is 11.0. The molecule has 1 saturated heterocycles. The molecule has 2 fully saturated rings. The van der Waals surface area contributed by atoms with E-state index in [-0.39, 0.29) is 11.3 Å². The lowest BCUT2D eigenvalue weighted by atomic mass is 10.0. The van der Waals surface area contributed by atoms with E-state index >= 15 is 0 Å². The third-order valence-electron chi connectivity index (χ3n) is 4.76. The third kappa shape index (κ3) is 3.36. The molecule has 0 bridgehead atoms. The first-order valence-corrected chi connectivity index (χ1v) is 9.77. The van der Waals surface area contributed by atoms with Gasteiger partial charge in [0.1, 0.15) is 0 Å². The average molecular weight is 322 g/mol. The second-order valence-electron chi connectivity index (χ2n) is 6.77. The molecule has 5 heteroatoms. The molecule has 1 heterocycles. The Balaban J connectivity index is 1.81. The minimum atomic E-state index is -3.19. The van der Waals surface area contributed by atoms with Gasteiger partial charge >= 0.3 is 0 Å². The van der Waals surface area contributed by atoms with Crippen LogP contribution in [-0.2, 0) is 16.4 Å². The van der Waals surface area contributed by atoms with Crippen LogP contribution in [0.15, 0.2) is 30.3 Å². The Labute approximate surface area is 134 Å². The largest absolute Gasteiger partial charge is 0.297 e. The van der Waals surface area contributed by atoms with Gasteiger partial charge in [-0.25, -0.2) is 8.42 Å². The Morgan fingerprint density at radius 3 is 2.41 bits per heavy atom. The predicted octanol–water partition coefficient (Wildman–Crippen LogP) is 2.12. The van der Waals surface area contributed by atoms with Crippen molar-refractivity contribution in [2.24, 2.45) is 0 Å². The summed E-state index contributed by atoms with van der Waals surface area (Å²) < 4.78 is 27.1. The van der Waals surface area contributed by atoms with Crippen molar-refractivity contribution in [1.29, 1.82) is 0 Å². The van der Waals surface area contributed by atoms with Crippen LogP contribution in [0.5, 0.6) is 0 Å². The van der Waals surface area contributed by atoms with E-state index in [4.69, 9.17) is 0 Å². The Morgan fingerprint density at radius 2 is 1.82 bits per heavy atom. The molecular weight excluding hydrogens is 296 g/mol. The standard InChI is InChI=1S/C17H26N2O2S/c1-14(2)22(20,21)19-11-10-18(16-8-9-16)13-17(19)12-15-6-4-3-5-7-15/h3-7,14,16-17H,8-13H2,1-2H3. The maximum Gasteiger partial charge on any atom is 0.216 e. The summed E-state index contributed by atoms with van der Waals surface area (Å²) in [5.41, 5.74) is 1.22. The fraction of sp³-hybridized carbons (Fsp3) is 0.647. The van der Waals surface area contributed by atoms with Gasteiger partial charge in [-0.1, -0.05) is 30.3 Å². The molecule has 1 aliphatic heterocycles. The summed E-state index contributed by atoms with van der Waals surface area (Å²) in [4.78, 5) is 2.49. The highest BCUT2D eigenvalue weighted by molar-refractivity contribution is 7.89. The molecule has 1 atom stereocenters. The van der Waals surface area contributed by atoms with Gasteiger partial charge in [0.05, 0.1) is 5.25 Å². The fourth-order valence-corrected chi connectivity index (χ4v) is 4.73. The molecule has 1 aliphatic carbocycles. The van der Waals surface area contributed by atoms with E-state index in [2.05, 4.69) is 17.0 Å². The predicted molar refractivity (Wildman–Crippen MR) is 89.3 cm³/mol. The van der Waals surface area contributed by atoms with Crippen molar-refractivity contribution in [2.45, 2.75) is 50.4 Å². The first-order valence-electron chi connectivity index (χ1n) is 8.27. The van der Waals surface area contributed by atoms with Crippen LogP contribution in [0, 0.1) is 0 Å². The van der Waals surface area contributed by atoms with Crippen molar-refractivity contribution < 1.29 is 8.42 Å². The molecule has 2 aliphatic rings. The average Bonchev–Trinajstić information content (AvgIpc) is 3.32. The summed E-state index contributed by atoms with van der Waals surface area (Å²) in [6.07, 6.45) is 3.35. The molecule has 1 unspecified atom stereocenters. The molecule has 22 heavy (non-hydrogen) atoms. The molecule has 0 spiro atoms. The molecule has 3 rings (SSSR count). The molecule has 0 aromatic heterocycles. The highest BCUT2D eigenvalue weighted by Crippen LogP contribution is 2.30. The third-order valence-corrected chi connectivity index (χ3v) is 7.09. The zero-order chi connectivity index (χ0) is 15.7. The fourth-order valence-electron chi connectivity index (χ4n) is 3.29. The zero-order valence-electron chi connectivity index (χ0n) is 13.5. The van der Waals surface area contributed by atoms with Crippen LogP contribution in [-0.4, -0.2) is 54.6 Å². The molecule has 1 saturated carbocycles. The van der Waals surface area contributed by atoms with Crippen LogP contribution in [0.3, 0.4) is 0 Å². The molecule has 1 aromatic rings. The minimum absolute atomic E-state index is 0.0594. The van der Waals surface area contributed by atoms with E-state index in [1.807, 2.05) is 18.2 Å². The lowest BCUT2D eigenvalue weighted by Crippen LogP contribution is -2.57. The van der Waals surface area contributed by atoms with Crippen LogP contribution in [0.25, 0.3) is 0 Å². The number of hydrogen-bond donors (Lipinski definition) is 0. The van der Waals surface area contributed by atoms with Crippen molar-refractivity contribution in [1.82, 2.24) is 9.21 Å². The topological polar surface area (TPSA) is 40.6 Å². The first kappa shape index (κ1) is 16.0. The summed E-state index contributed by atoms with van der Waals surface area (Å²) in [5.74, 6) is 0. The lowest BCUT2D eigenvalue weighted by Gasteiger charge is -2.41. The number of sulfonamides is 1. The SMILES string of the molecule is CC(C)S(=O)(=O)N1CCN(C2CC2)CC1Cc1ccccc1. The summed E-state index contributed by atoms with van der Waals surface area (Å²) in [6.45, 7) is 5.94. The van der Waals surface area contributed by atoms with Crippen LogP contribution < -0.4 is 0 Å².